The van der Waals surface area contributed by atoms with Crippen molar-refractivity contribution < 1.29 is 14.8 Å². The molecule has 2 amide bonds. The van der Waals surface area contributed by atoms with Crippen LogP contribution in [0.15, 0.2) is 18.2 Å². The van der Waals surface area contributed by atoms with Crippen LogP contribution in [0.4, 0.5) is 0 Å². The van der Waals surface area contributed by atoms with Gasteiger partial charge in [0.1, 0.15) is 5.82 Å². The Morgan fingerprint density at radius 2 is 2.33 bits per heavy atom. The third kappa shape index (κ3) is 4.30. The van der Waals surface area contributed by atoms with Crippen LogP contribution in [0, 0.1) is 12.8 Å². The van der Waals surface area contributed by atoms with Crippen LogP contribution in [0.1, 0.15) is 56.5 Å². The molecule has 1 aromatic heterocycles. The van der Waals surface area contributed by atoms with Crippen molar-refractivity contribution in [1.29, 1.82) is 0 Å². The van der Waals surface area contributed by atoms with E-state index in [1.807, 2.05) is 24.0 Å². The maximum Gasteiger partial charge on any atom is 0.233 e. The highest BCUT2D eigenvalue weighted by atomic mass is 16.5. The van der Waals surface area contributed by atoms with E-state index in [2.05, 4.69) is 18.0 Å². The van der Waals surface area contributed by atoms with Crippen LogP contribution in [0.3, 0.4) is 0 Å². The molecule has 1 saturated heterocycles. The summed E-state index contributed by atoms with van der Waals surface area (Å²) in [6.45, 7) is 4.81. The molecule has 2 aromatic rings. The lowest BCUT2D eigenvalue weighted by Crippen LogP contribution is -2.40. The summed E-state index contributed by atoms with van der Waals surface area (Å²) in [4.78, 5) is 33.9. The van der Waals surface area contributed by atoms with Crippen molar-refractivity contribution >= 4 is 23.4 Å². The van der Waals surface area contributed by atoms with E-state index in [0.29, 0.717) is 24.4 Å². The number of rotatable bonds is 8. The number of carbonyl (C=O) groups excluding carboxylic acids is 2. The summed E-state index contributed by atoms with van der Waals surface area (Å²) < 4.78 is 0. The van der Waals surface area contributed by atoms with E-state index >= 15 is 0 Å². The number of unbranched alkanes of at least 4 members (excludes halogenated alkanes) is 1. The zero-order valence-corrected chi connectivity index (χ0v) is 16.0. The highest BCUT2D eigenvalue weighted by molar-refractivity contribution is 5.80. The molecule has 0 aliphatic carbocycles. The number of nitrogens with one attached hydrogen (secondary N) is 1. The first-order valence-electron chi connectivity index (χ1n) is 9.71. The third-order valence-corrected chi connectivity index (χ3v) is 5.29. The number of hydrogen-bond donors (Lipinski definition) is 2. The van der Waals surface area contributed by atoms with Gasteiger partial charge in [0, 0.05) is 6.54 Å². The van der Waals surface area contributed by atoms with Gasteiger partial charge in [0.2, 0.25) is 12.3 Å². The molecular formula is C20H28N4O3. The predicted octanol–water partition coefficient (Wildman–Crippen LogP) is 3.19. The van der Waals surface area contributed by atoms with Gasteiger partial charge in [0.15, 0.2) is 0 Å². The number of fused-ring (bicyclic) bond motifs is 1. The van der Waals surface area contributed by atoms with E-state index in [0.717, 1.165) is 48.1 Å². The summed E-state index contributed by atoms with van der Waals surface area (Å²) >= 11 is 0. The third-order valence-electron chi connectivity index (χ3n) is 5.29. The summed E-state index contributed by atoms with van der Waals surface area (Å²) in [6.07, 6.45) is 4.64. The number of aromatic nitrogens is 2. The molecule has 1 fully saturated rings. The number of benzene rings is 1. The van der Waals surface area contributed by atoms with Crippen molar-refractivity contribution in [1.82, 2.24) is 19.9 Å². The lowest BCUT2D eigenvalue weighted by Gasteiger charge is -2.29. The fourth-order valence-corrected chi connectivity index (χ4v) is 3.86. The first kappa shape index (κ1) is 19.4. The molecule has 3 rings (SSSR count). The van der Waals surface area contributed by atoms with Crippen LogP contribution in [0.25, 0.3) is 11.0 Å². The van der Waals surface area contributed by atoms with Gasteiger partial charge in [-0.3, -0.25) is 14.8 Å². The zero-order chi connectivity index (χ0) is 19.4. The smallest absolute Gasteiger partial charge is 0.233 e. The zero-order valence-electron chi connectivity index (χ0n) is 16.0. The molecule has 27 heavy (non-hydrogen) atoms. The Hall–Kier alpha value is -2.41. The molecule has 146 valence electrons. The molecule has 2 N–H and O–H groups in total. The van der Waals surface area contributed by atoms with Crippen LogP contribution in [0.5, 0.6) is 0 Å². The first-order chi connectivity index (χ1) is 13.0. The van der Waals surface area contributed by atoms with Gasteiger partial charge < -0.3 is 9.88 Å². The molecule has 2 heterocycles. The Labute approximate surface area is 159 Å². The van der Waals surface area contributed by atoms with Gasteiger partial charge in [-0.2, -0.15) is 0 Å². The van der Waals surface area contributed by atoms with Gasteiger partial charge in [-0.25, -0.2) is 10.0 Å². The highest BCUT2D eigenvalue weighted by Crippen LogP contribution is 2.33. The standard InChI is InChI=1S/C20H28N4O3/c1-3-4-6-15(12-23(27)13-25)20(26)24-10-5-7-18(24)19-21-16-9-8-14(2)11-17(16)22-19/h8-9,11,13,15,18,27H,3-7,10,12H2,1-2H3,(H,21,22)/t15-,18+/m1/s1. The van der Waals surface area contributed by atoms with Crippen molar-refractivity contribution in [2.24, 2.45) is 5.92 Å². The quantitative estimate of drug-likeness (QED) is 0.423. The van der Waals surface area contributed by atoms with E-state index in [1.54, 1.807) is 0 Å². The average molecular weight is 372 g/mol. The number of amides is 2. The summed E-state index contributed by atoms with van der Waals surface area (Å²) in [6, 6.07) is 5.99. The van der Waals surface area contributed by atoms with Crippen molar-refractivity contribution in [3.63, 3.8) is 0 Å². The number of aromatic amines is 1. The fraction of sp³-hybridized carbons (Fsp3) is 0.550. The minimum atomic E-state index is -0.396. The first-order valence-corrected chi connectivity index (χ1v) is 9.71. The Morgan fingerprint density at radius 1 is 1.52 bits per heavy atom. The van der Waals surface area contributed by atoms with E-state index in [9.17, 15) is 14.8 Å². The summed E-state index contributed by atoms with van der Waals surface area (Å²) in [5.74, 6) is 0.405. The summed E-state index contributed by atoms with van der Waals surface area (Å²) in [7, 11) is 0. The number of likely N-dealkylation sites (tertiary alicyclic amines) is 1. The summed E-state index contributed by atoms with van der Waals surface area (Å²) in [5.41, 5.74) is 3.04. The van der Waals surface area contributed by atoms with Crippen LogP contribution in [-0.4, -0.2) is 50.5 Å². The molecule has 0 radical (unpaired) electrons. The number of aryl methyl sites for hydroxylation is 1. The number of carbonyl (C=O) groups is 2. The van der Waals surface area contributed by atoms with Gasteiger partial charge in [-0.05, 0) is 43.9 Å². The molecular weight excluding hydrogens is 344 g/mol. The van der Waals surface area contributed by atoms with Crippen LogP contribution in [-0.2, 0) is 9.59 Å². The Balaban J connectivity index is 1.81. The Bertz CT molecular complexity index is 804. The van der Waals surface area contributed by atoms with Gasteiger partial charge in [-0.15, -0.1) is 0 Å². The minimum Gasteiger partial charge on any atom is -0.340 e. The molecule has 0 unspecified atom stereocenters. The van der Waals surface area contributed by atoms with E-state index in [-0.39, 0.29) is 18.5 Å². The number of imidazole rings is 1. The van der Waals surface area contributed by atoms with Crippen LogP contribution >= 0.6 is 0 Å². The number of H-pyrrole nitrogens is 1. The van der Waals surface area contributed by atoms with E-state index in [1.165, 1.54) is 0 Å². The molecule has 7 nitrogen and oxygen atoms in total. The predicted molar refractivity (Wildman–Crippen MR) is 102 cm³/mol. The maximum absolute atomic E-state index is 13.2. The monoisotopic (exact) mass is 372 g/mol. The van der Waals surface area contributed by atoms with Crippen LogP contribution < -0.4 is 0 Å². The van der Waals surface area contributed by atoms with Crippen LogP contribution in [0.2, 0.25) is 0 Å². The number of hydroxylamine groups is 2. The Morgan fingerprint density at radius 3 is 3.07 bits per heavy atom. The lowest BCUT2D eigenvalue weighted by atomic mass is 9.99. The molecule has 1 aliphatic heterocycles. The average Bonchev–Trinajstić information content (AvgIpc) is 3.30. The highest BCUT2D eigenvalue weighted by Gasteiger charge is 2.35. The van der Waals surface area contributed by atoms with Gasteiger partial charge in [0.05, 0.1) is 29.5 Å². The topological polar surface area (TPSA) is 89.5 Å². The lowest BCUT2D eigenvalue weighted by molar-refractivity contribution is -0.157. The van der Waals surface area contributed by atoms with Crippen molar-refractivity contribution in [3.8, 4) is 0 Å². The minimum absolute atomic E-state index is 0.0107. The second kappa shape index (κ2) is 8.52. The molecule has 0 bridgehead atoms. The Kier molecular flexibility index (Phi) is 6.11. The number of hydrogen-bond acceptors (Lipinski definition) is 4. The second-order valence-corrected chi connectivity index (χ2v) is 7.40. The van der Waals surface area contributed by atoms with Crippen molar-refractivity contribution in [3.05, 3.63) is 29.6 Å². The van der Waals surface area contributed by atoms with Crippen molar-refractivity contribution in [2.45, 2.75) is 52.0 Å². The van der Waals surface area contributed by atoms with E-state index < -0.39 is 5.92 Å². The largest absolute Gasteiger partial charge is 0.340 e. The maximum atomic E-state index is 13.2. The SMILES string of the molecule is CCCC[C@H](CN(O)C=O)C(=O)N1CCC[C@H]1c1nc2ccc(C)cc2[nH]1. The molecule has 0 spiro atoms. The van der Waals surface area contributed by atoms with Gasteiger partial charge >= 0.3 is 0 Å². The fourth-order valence-electron chi connectivity index (χ4n) is 3.86. The summed E-state index contributed by atoms with van der Waals surface area (Å²) in [5, 5.41) is 10.2. The van der Waals surface area contributed by atoms with Gasteiger partial charge in [-0.1, -0.05) is 25.8 Å². The van der Waals surface area contributed by atoms with E-state index in [4.69, 9.17) is 4.98 Å². The molecule has 2 atom stereocenters. The normalized spacial score (nSPS) is 18.0. The molecule has 7 heteroatoms. The van der Waals surface area contributed by atoms with Crippen molar-refractivity contribution in [2.75, 3.05) is 13.1 Å². The second-order valence-electron chi connectivity index (χ2n) is 7.40. The molecule has 0 saturated carbocycles. The molecule has 1 aromatic carbocycles. The number of nitrogens with zero attached hydrogens (tertiary/aromatic N) is 3. The van der Waals surface area contributed by atoms with Gasteiger partial charge in [0.25, 0.3) is 0 Å². The molecule has 1 aliphatic rings.